The van der Waals surface area contributed by atoms with Gasteiger partial charge in [-0.25, -0.2) is 9.59 Å². The highest BCUT2D eigenvalue weighted by atomic mass is 16.6. The molecule has 0 aliphatic carbocycles. The molecule has 80 valence electrons. The molecule has 0 atom stereocenters. The Morgan fingerprint density at radius 2 is 1.93 bits per heavy atom. The number of carboxylic acid groups (broad SMARTS) is 1. The number of carbonyl (C=O) groups excluding carboxylic acids is 1. The zero-order valence-electron chi connectivity index (χ0n) is 8.74. The zero-order valence-corrected chi connectivity index (χ0v) is 8.74. The molecular formula is C10H16O4. The number of hydrogen-bond acceptors (Lipinski definition) is 3. The van der Waals surface area contributed by atoms with Crippen LogP contribution in [0.15, 0.2) is 12.2 Å². The van der Waals surface area contributed by atoms with Gasteiger partial charge in [-0.15, -0.1) is 0 Å². The molecule has 0 aliphatic rings. The molecule has 4 nitrogen and oxygen atoms in total. The molecule has 0 aliphatic heterocycles. The second kappa shape index (κ2) is 5.42. The Labute approximate surface area is 83.6 Å². The van der Waals surface area contributed by atoms with E-state index >= 15 is 0 Å². The van der Waals surface area contributed by atoms with Crippen molar-refractivity contribution in [2.45, 2.75) is 39.2 Å². The molecule has 0 fully saturated rings. The standard InChI is InChI=1S/C10H16O4/c1-4-7-10(2,3)14-9(13)6-5-8(11)12/h5-6H,4,7H2,1-3H3,(H,11,12)/b6-5+. The third-order valence-corrected chi connectivity index (χ3v) is 1.59. The molecule has 0 heterocycles. The molecule has 0 aromatic heterocycles. The minimum Gasteiger partial charge on any atom is -0.478 e. The van der Waals surface area contributed by atoms with Crippen LogP contribution in [-0.2, 0) is 14.3 Å². The smallest absolute Gasteiger partial charge is 0.331 e. The van der Waals surface area contributed by atoms with Gasteiger partial charge in [0.25, 0.3) is 0 Å². The first-order valence-corrected chi connectivity index (χ1v) is 4.51. The third-order valence-electron chi connectivity index (χ3n) is 1.59. The Morgan fingerprint density at radius 3 is 2.36 bits per heavy atom. The monoisotopic (exact) mass is 200 g/mol. The summed E-state index contributed by atoms with van der Waals surface area (Å²) in [4.78, 5) is 21.2. The highest BCUT2D eigenvalue weighted by molar-refractivity contribution is 5.90. The van der Waals surface area contributed by atoms with Gasteiger partial charge in [0.05, 0.1) is 0 Å². The quantitative estimate of drug-likeness (QED) is 0.542. The molecule has 0 radical (unpaired) electrons. The van der Waals surface area contributed by atoms with Crippen LogP contribution in [0.25, 0.3) is 0 Å². The van der Waals surface area contributed by atoms with Crippen LogP contribution in [-0.4, -0.2) is 22.6 Å². The summed E-state index contributed by atoms with van der Waals surface area (Å²) in [5.41, 5.74) is -0.533. The fourth-order valence-corrected chi connectivity index (χ4v) is 1.10. The van der Waals surface area contributed by atoms with Crippen molar-refractivity contribution < 1.29 is 19.4 Å². The summed E-state index contributed by atoms with van der Waals surface area (Å²) < 4.78 is 5.04. The predicted octanol–water partition coefficient (Wildman–Crippen LogP) is 1.75. The van der Waals surface area contributed by atoms with Crippen molar-refractivity contribution in [3.05, 3.63) is 12.2 Å². The van der Waals surface area contributed by atoms with Gasteiger partial charge in [-0.05, 0) is 20.3 Å². The van der Waals surface area contributed by atoms with Crippen LogP contribution in [0.5, 0.6) is 0 Å². The van der Waals surface area contributed by atoms with Gasteiger partial charge < -0.3 is 9.84 Å². The second-order valence-corrected chi connectivity index (χ2v) is 3.60. The summed E-state index contributed by atoms with van der Waals surface area (Å²) in [6, 6.07) is 0. The molecule has 0 aromatic rings. The van der Waals surface area contributed by atoms with E-state index in [1.165, 1.54) is 0 Å². The van der Waals surface area contributed by atoms with Crippen LogP contribution in [0.3, 0.4) is 0 Å². The summed E-state index contributed by atoms with van der Waals surface area (Å²) in [6.07, 6.45) is 3.34. The summed E-state index contributed by atoms with van der Waals surface area (Å²) >= 11 is 0. The predicted molar refractivity (Wildman–Crippen MR) is 51.9 cm³/mol. The van der Waals surface area contributed by atoms with Crippen LogP contribution in [0.1, 0.15) is 33.6 Å². The van der Waals surface area contributed by atoms with Gasteiger partial charge in [-0.2, -0.15) is 0 Å². The van der Waals surface area contributed by atoms with E-state index < -0.39 is 17.5 Å². The molecule has 0 saturated carbocycles. The van der Waals surface area contributed by atoms with Crippen LogP contribution in [0.4, 0.5) is 0 Å². The van der Waals surface area contributed by atoms with Crippen molar-refractivity contribution >= 4 is 11.9 Å². The molecule has 0 spiro atoms. The van der Waals surface area contributed by atoms with E-state index in [9.17, 15) is 9.59 Å². The topological polar surface area (TPSA) is 63.6 Å². The van der Waals surface area contributed by atoms with Crippen LogP contribution in [0, 0.1) is 0 Å². The summed E-state index contributed by atoms with van der Waals surface area (Å²) in [7, 11) is 0. The zero-order chi connectivity index (χ0) is 11.2. The van der Waals surface area contributed by atoms with E-state index in [2.05, 4.69) is 0 Å². The molecule has 1 N–H and O–H groups in total. The summed E-state index contributed by atoms with van der Waals surface area (Å²) in [6.45, 7) is 5.58. The van der Waals surface area contributed by atoms with Gasteiger partial charge in [0.15, 0.2) is 0 Å². The number of carboxylic acids is 1. The van der Waals surface area contributed by atoms with Gasteiger partial charge in [-0.3, -0.25) is 0 Å². The number of hydrogen-bond donors (Lipinski definition) is 1. The van der Waals surface area contributed by atoms with Crippen molar-refractivity contribution in [3.63, 3.8) is 0 Å². The van der Waals surface area contributed by atoms with Crippen LogP contribution < -0.4 is 0 Å². The minimum absolute atomic E-state index is 0.533. The number of rotatable bonds is 5. The molecule has 4 heteroatoms. The maximum Gasteiger partial charge on any atom is 0.331 e. The second-order valence-electron chi connectivity index (χ2n) is 3.60. The fraction of sp³-hybridized carbons (Fsp3) is 0.600. The maximum atomic E-state index is 11.1. The first-order chi connectivity index (χ1) is 6.37. The van der Waals surface area contributed by atoms with Crippen molar-refractivity contribution in [2.75, 3.05) is 0 Å². The normalized spacial score (nSPS) is 11.6. The fourth-order valence-electron chi connectivity index (χ4n) is 1.10. The van der Waals surface area contributed by atoms with Crippen LogP contribution >= 0.6 is 0 Å². The molecular weight excluding hydrogens is 184 g/mol. The summed E-state index contributed by atoms with van der Waals surface area (Å²) in [5, 5.41) is 8.27. The molecule has 0 unspecified atom stereocenters. The third kappa shape index (κ3) is 6.22. The molecule has 0 saturated heterocycles. The number of carbonyl (C=O) groups is 2. The van der Waals surface area contributed by atoms with E-state index in [0.717, 1.165) is 25.0 Å². The lowest BCUT2D eigenvalue weighted by Crippen LogP contribution is -2.26. The molecule has 0 rings (SSSR count). The number of aliphatic carboxylic acids is 1. The van der Waals surface area contributed by atoms with Crippen molar-refractivity contribution in [3.8, 4) is 0 Å². The van der Waals surface area contributed by atoms with Gasteiger partial charge in [-0.1, -0.05) is 13.3 Å². The lowest BCUT2D eigenvalue weighted by Gasteiger charge is -2.23. The van der Waals surface area contributed by atoms with E-state index in [4.69, 9.17) is 9.84 Å². The SMILES string of the molecule is CCCC(C)(C)OC(=O)/C=C/C(=O)O. The van der Waals surface area contributed by atoms with Gasteiger partial charge in [0, 0.05) is 12.2 Å². The number of esters is 1. The molecule has 14 heavy (non-hydrogen) atoms. The highest BCUT2D eigenvalue weighted by Crippen LogP contribution is 2.16. The number of ether oxygens (including phenoxy) is 1. The molecule has 0 aromatic carbocycles. The van der Waals surface area contributed by atoms with E-state index in [-0.39, 0.29) is 0 Å². The maximum absolute atomic E-state index is 11.1. The van der Waals surface area contributed by atoms with Crippen molar-refractivity contribution in [2.24, 2.45) is 0 Å². The van der Waals surface area contributed by atoms with Gasteiger partial charge in [0.1, 0.15) is 5.60 Å². The Kier molecular flexibility index (Phi) is 4.91. The minimum atomic E-state index is -1.16. The average Bonchev–Trinajstić information content (AvgIpc) is 1.99. The van der Waals surface area contributed by atoms with Crippen molar-refractivity contribution in [1.29, 1.82) is 0 Å². The van der Waals surface area contributed by atoms with Crippen LogP contribution in [0.2, 0.25) is 0 Å². The van der Waals surface area contributed by atoms with E-state index in [1.807, 2.05) is 6.92 Å². The Morgan fingerprint density at radius 1 is 1.36 bits per heavy atom. The Hall–Kier alpha value is -1.32. The first-order valence-electron chi connectivity index (χ1n) is 4.51. The van der Waals surface area contributed by atoms with E-state index in [0.29, 0.717) is 0 Å². The van der Waals surface area contributed by atoms with Crippen molar-refractivity contribution in [1.82, 2.24) is 0 Å². The van der Waals surface area contributed by atoms with E-state index in [1.54, 1.807) is 13.8 Å². The van der Waals surface area contributed by atoms with Gasteiger partial charge >= 0.3 is 11.9 Å². The Balaban J connectivity index is 4.11. The highest BCUT2D eigenvalue weighted by Gasteiger charge is 2.20. The molecule has 0 amide bonds. The first kappa shape index (κ1) is 12.7. The largest absolute Gasteiger partial charge is 0.478 e. The Bertz CT molecular complexity index is 241. The molecule has 0 bridgehead atoms. The van der Waals surface area contributed by atoms with Gasteiger partial charge in [0.2, 0.25) is 0 Å². The average molecular weight is 200 g/mol. The summed E-state index contributed by atoms with van der Waals surface area (Å²) in [5.74, 6) is -1.78. The lowest BCUT2D eigenvalue weighted by molar-refractivity contribution is -0.151. The lowest BCUT2D eigenvalue weighted by atomic mass is 10.0.